The van der Waals surface area contributed by atoms with Gasteiger partial charge < -0.3 is 24.1 Å². The molecular formula is C31H42F6O7. The van der Waals surface area contributed by atoms with Crippen molar-refractivity contribution < 1.29 is 60.0 Å². The van der Waals surface area contributed by atoms with Gasteiger partial charge in [0, 0.05) is 7.11 Å². The topological polar surface area (TPSA) is 91.3 Å². The van der Waals surface area contributed by atoms with Gasteiger partial charge in [0.15, 0.2) is 6.29 Å². The van der Waals surface area contributed by atoms with E-state index < -0.39 is 71.8 Å². The third kappa shape index (κ3) is 5.19. The SMILES string of the molecule is COC1CCCC(COC2CC3CC2C(C2C(=O)OC(=O)C2C2C4CC(CC(O)(C(F)(F)F)C(F)(F)F)C(C4)C2C)C3C)O1. The molecule has 250 valence electrons. The van der Waals surface area contributed by atoms with E-state index in [9.17, 15) is 41.0 Å². The fourth-order valence-electron chi connectivity index (χ4n) is 10.6. The van der Waals surface area contributed by atoms with Crippen LogP contribution in [0, 0.1) is 65.1 Å². The molecule has 4 saturated carbocycles. The number of methoxy groups -OCH3 is 1. The van der Waals surface area contributed by atoms with E-state index in [0.717, 1.165) is 32.1 Å². The van der Waals surface area contributed by atoms with E-state index in [4.69, 9.17) is 18.9 Å². The summed E-state index contributed by atoms with van der Waals surface area (Å²) >= 11 is 0. The molecule has 2 aliphatic heterocycles. The number of esters is 2. The molecule has 2 heterocycles. The molecule has 0 aromatic heterocycles. The predicted molar refractivity (Wildman–Crippen MR) is 140 cm³/mol. The van der Waals surface area contributed by atoms with Crippen molar-refractivity contribution in [2.75, 3.05) is 13.7 Å². The first-order valence-electron chi connectivity index (χ1n) is 16.0. The molecule has 13 heteroatoms. The Balaban J connectivity index is 1.17. The first kappa shape index (κ1) is 32.5. The molecule has 6 aliphatic rings. The zero-order chi connectivity index (χ0) is 31.9. The molecule has 0 spiro atoms. The molecule has 44 heavy (non-hydrogen) atoms. The monoisotopic (exact) mass is 640 g/mol. The normalized spacial score (nSPS) is 45.9. The second-order valence-corrected chi connectivity index (χ2v) is 14.5. The molecule has 14 unspecified atom stereocenters. The van der Waals surface area contributed by atoms with Crippen LogP contribution in [0.2, 0.25) is 0 Å². The van der Waals surface area contributed by atoms with Crippen molar-refractivity contribution in [3.05, 3.63) is 0 Å². The lowest BCUT2D eigenvalue weighted by Gasteiger charge is -2.43. The summed E-state index contributed by atoms with van der Waals surface area (Å²) < 4.78 is 104. The van der Waals surface area contributed by atoms with Crippen LogP contribution in [0.3, 0.4) is 0 Å². The number of alkyl halides is 6. The molecule has 4 bridgehead atoms. The van der Waals surface area contributed by atoms with Crippen LogP contribution in [0.1, 0.15) is 65.2 Å². The summed E-state index contributed by atoms with van der Waals surface area (Å²) in [6.45, 7) is 4.24. The third-order valence-electron chi connectivity index (χ3n) is 12.6. The highest BCUT2D eigenvalue weighted by Gasteiger charge is 2.72. The largest absolute Gasteiger partial charge is 0.426 e. The molecule has 6 fully saturated rings. The number of cyclic esters (lactones) is 2. The number of fused-ring (bicyclic) bond motifs is 4. The van der Waals surface area contributed by atoms with Gasteiger partial charge in [0.05, 0.1) is 30.7 Å². The summed E-state index contributed by atoms with van der Waals surface area (Å²) in [7, 11) is 1.61. The number of hydrogen-bond donors (Lipinski definition) is 1. The Hall–Kier alpha value is -1.44. The van der Waals surface area contributed by atoms with E-state index in [0.29, 0.717) is 18.9 Å². The van der Waals surface area contributed by atoms with E-state index in [1.807, 2.05) is 0 Å². The molecule has 0 radical (unpaired) electrons. The first-order chi connectivity index (χ1) is 20.6. The van der Waals surface area contributed by atoms with Crippen LogP contribution in [0.15, 0.2) is 0 Å². The zero-order valence-corrected chi connectivity index (χ0v) is 25.1. The van der Waals surface area contributed by atoms with Gasteiger partial charge in [0.1, 0.15) is 0 Å². The van der Waals surface area contributed by atoms with Crippen molar-refractivity contribution in [3.63, 3.8) is 0 Å². The van der Waals surface area contributed by atoms with Crippen LogP contribution in [0.25, 0.3) is 0 Å². The van der Waals surface area contributed by atoms with Crippen molar-refractivity contribution >= 4 is 11.9 Å². The van der Waals surface area contributed by atoms with E-state index in [1.54, 1.807) is 14.0 Å². The maximum atomic E-state index is 13.5. The fourth-order valence-corrected chi connectivity index (χ4v) is 10.6. The van der Waals surface area contributed by atoms with Gasteiger partial charge in [-0.2, -0.15) is 26.3 Å². The molecule has 4 aliphatic carbocycles. The lowest BCUT2D eigenvalue weighted by Crippen LogP contribution is -2.58. The molecular weight excluding hydrogens is 598 g/mol. The smallest absolute Gasteiger partial charge is 0.393 e. The number of ether oxygens (including phenoxy) is 4. The second kappa shape index (κ2) is 11.4. The average Bonchev–Trinajstić information content (AvgIpc) is 3.73. The summed E-state index contributed by atoms with van der Waals surface area (Å²) in [5.41, 5.74) is -4.80. The summed E-state index contributed by atoms with van der Waals surface area (Å²) in [4.78, 5) is 26.6. The average molecular weight is 641 g/mol. The Bertz CT molecular complexity index is 1100. The Morgan fingerprint density at radius 2 is 1.48 bits per heavy atom. The standard InChI is InChI=1S/C31H42F6O7/c1-13-15-8-20(21(10-15)42-12-18-5-4-6-22(41-3)43-18)24(13)26-25(27(38)44-28(26)39)23-14(2)19-9-16(23)7-17(19)11-29(40,30(32,33)34)31(35,36)37/h13-26,40H,4-12H2,1-3H3. The quantitative estimate of drug-likeness (QED) is 0.208. The maximum Gasteiger partial charge on any atom is 0.426 e. The summed E-state index contributed by atoms with van der Waals surface area (Å²) in [5.74, 6) is -5.15. The second-order valence-electron chi connectivity index (χ2n) is 14.5. The fraction of sp³-hybridized carbons (Fsp3) is 0.935. The lowest BCUT2D eigenvalue weighted by molar-refractivity contribution is -0.373. The van der Waals surface area contributed by atoms with Gasteiger partial charge in [0.25, 0.3) is 5.60 Å². The third-order valence-corrected chi connectivity index (χ3v) is 12.6. The van der Waals surface area contributed by atoms with Crippen LogP contribution in [0.5, 0.6) is 0 Å². The van der Waals surface area contributed by atoms with Crippen molar-refractivity contribution in [1.82, 2.24) is 0 Å². The minimum Gasteiger partial charge on any atom is -0.393 e. The van der Waals surface area contributed by atoms with Gasteiger partial charge in [-0.3, -0.25) is 9.59 Å². The van der Waals surface area contributed by atoms with E-state index >= 15 is 0 Å². The van der Waals surface area contributed by atoms with Gasteiger partial charge >= 0.3 is 24.3 Å². The summed E-state index contributed by atoms with van der Waals surface area (Å²) in [5, 5.41) is 9.87. The highest BCUT2D eigenvalue weighted by molar-refractivity contribution is 5.97. The molecule has 0 aromatic rings. The highest BCUT2D eigenvalue weighted by Crippen LogP contribution is 2.65. The first-order valence-corrected chi connectivity index (χ1v) is 16.0. The van der Waals surface area contributed by atoms with Crippen molar-refractivity contribution in [1.29, 1.82) is 0 Å². The molecule has 0 amide bonds. The lowest BCUT2D eigenvalue weighted by atomic mass is 9.60. The number of halogens is 6. The van der Waals surface area contributed by atoms with E-state index in [1.165, 1.54) is 0 Å². The predicted octanol–water partition coefficient (Wildman–Crippen LogP) is 5.68. The number of carbonyl (C=O) groups is 2. The van der Waals surface area contributed by atoms with Crippen LogP contribution < -0.4 is 0 Å². The Labute approximate surface area is 252 Å². The Kier molecular flexibility index (Phi) is 8.39. The van der Waals surface area contributed by atoms with E-state index in [-0.39, 0.29) is 48.6 Å². The minimum atomic E-state index is -5.87. The van der Waals surface area contributed by atoms with Crippen LogP contribution in [0.4, 0.5) is 26.3 Å². The van der Waals surface area contributed by atoms with Crippen LogP contribution in [-0.4, -0.2) is 67.2 Å². The molecule has 2 saturated heterocycles. The van der Waals surface area contributed by atoms with Gasteiger partial charge in [-0.15, -0.1) is 0 Å². The number of aliphatic hydroxyl groups is 1. The summed E-state index contributed by atoms with van der Waals surface area (Å²) in [6, 6.07) is 0. The number of carbonyl (C=O) groups excluding carboxylic acids is 2. The summed E-state index contributed by atoms with van der Waals surface area (Å²) in [6.07, 6.45) is -8.92. The molecule has 0 aromatic carbocycles. The highest BCUT2D eigenvalue weighted by atomic mass is 19.4. The van der Waals surface area contributed by atoms with Gasteiger partial charge in [0.2, 0.25) is 0 Å². The van der Waals surface area contributed by atoms with Gasteiger partial charge in [-0.25, -0.2) is 0 Å². The Morgan fingerprint density at radius 1 is 0.841 bits per heavy atom. The van der Waals surface area contributed by atoms with Crippen LogP contribution >= 0.6 is 0 Å². The number of rotatable bonds is 8. The van der Waals surface area contributed by atoms with Crippen molar-refractivity contribution in [2.45, 2.75) is 102 Å². The van der Waals surface area contributed by atoms with Gasteiger partial charge in [-0.1, -0.05) is 13.8 Å². The zero-order valence-electron chi connectivity index (χ0n) is 25.1. The van der Waals surface area contributed by atoms with Crippen molar-refractivity contribution in [3.8, 4) is 0 Å². The molecule has 14 atom stereocenters. The molecule has 6 rings (SSSR count). The molecule has 1 N–H and O–H groups in total. The Morgan fingerprint density at radius 3 is 2.07 bits per heavy atom. The van der Waals surface area contributed by atoms with E-state index in [2.05, 4.69) is 6.92 Å². The van der Waals surface area contributed by atoms with Crippen LogP contribution in [-0.2, 0) is 28.5 Å². The number of hydrogen-bond acceptors (Lipinski definition) is 7. The van der Waals surface area contributed by atoms with Gasteiger partial charge in [-0.05, 0) is 105 Å². The van der Waals surface area contributed by atoms with Crippen molar-refractivity contribution in [2.24, 2.45) is 65.1 Å². The minimum absolute atomic E-state index is 0.0259. The molecule has 7 nitrogen and oxygen atoms in total. The maximum absolute atomic E-state index is 13.5.